The molecule has 0 spiro atoms. The van der Waals surface area contributed by atoms with Gasteiger partial charge in [0.05, 0.1) is 57.7 Å². The van der Waals surface area contributed by atoms with E-state index in [-0.39, 0.29) is 45.1 Å². The molecular formula is C32H22ClF7N8O4. The predicted octanol–water partition coefficient (Wildman–Crippen LogP) is 7.54. The zero-order chi connectivity index (χ0) is 37.5. The summed E-state index contributed by atoms with van der Waals surface area (Å²) in [5.74, 6) is -1.41. The molecule has 270 valence electrons. The topological polar surface area (TPSA) is 162 Å². The maximum absolute atomic E-state index is 15.3. The number of halogens is 8. The van der Waals surface area contributed by atoms with Crippen molar-refractivity contribution in [3.63, 3.8) is 0 Å². The van der Waals surface area contributed by atoms with Crippen LogP contribution < -0.4 is 22.0 Å². The Morgan fingerprint density at radius 1 is 0.635 bits per heavy atom. The minimum atomic E-state index is -4.92. The number of hydrogen-bond acceptors (Lipinski definition) is 4. The van der Waals surface area contributed by atoms with Gasteiger partial charge < -0.3 is 30.6 Å². The third-order valence-electron chi connectivity index (χ3n) is 7.75. The highest BCUT2D eigenvalue weighted by Gasteiger charge is 2.34. The van der Waals surface area contributed by atoms with Gasteiger partial charge in [-0.2, -0.15) is 26.3 Å². The Balaban J connectivity index is 1.47. The number of H-pyrrole nitrogens is 4. The van der Waals surface area contributed by atoms with Gasteiger partial charge in [0.15, 0.2) is 0 Å². The number of carbonyl (C=O) groups is 2. The highest BCUT2D eigenvalue weighted by Crippen LogP contribution is 2.34. The van der Waals surface area contributed by atoms with Crippen LogP contribution >= 0.6 is 11.6 Å². The Hall–Kier alpha value is -6.24. The third kappa shape index (κ3) is 7.43. The van der Waals surface area contributed by atoms with E-state index in [4.69, 9.17) is 11.6 Å². The zero-order valence-corrected chi connectivity index (χ0v) is 26.6. The Morgan fingerprint density at radius 2 is 1.08 bits per heavy atom. The summed E-state index contributed by atoms with van der Waals surface area (Å²) >= 11 is 6.23. The zero-order valence-electron chi connectivity index (χ0n) is 25.9. The summed E-state index contributed by atoms with van der Waals surface area (Å²) in [4.78, 5) is 62.2. The highest BCUT2D eigenvalue weighted by atomic mass is 35.5. The number of aromatic amines is 4. The molecule has 20 heteroatoms. The Labute approximate surface area is 290 Å². The number of carbonyl (C=O) groups excluding carboxylic acids is 2. The normalized spacial score (nSPS) is 11.9. The van der Waals surface area contributed by atoms with Crippen LogP contribution in [-0.4, -0.2) is 42.0 Å². The number of hydrazine groups is 1. The van der Waals surface area contributed by atoms with Gasteiger partial charge >= 0.3 is 35.8 Å². The number of anilines is 2. The first-order valence-electron chi connectivity index (χ1n) is 14.8. The largest absolute Gasteiger partial charge is 0.416 e. The van der Waals surface area contributed by atoms with Gasteiger partial charge in [0.25, 0.3) is 0 Å². The van der Waals surface area contributed by atoms with Crippen LogP contribution in [0.3, 0.4) is 0 Å². The van der Waals surface area contributed by atoms with Gasteiger partial charge in [-0.25, -0.2) is 33.6 Å². The lowest BCUT2D eigenvalue weighted by Gasteiger charge is -2.35. The van der Waals surface area contributed by atoms with Crippen molar-refractivity contribution in [3.8, 4) is 0 Å². The second kappa shape index (κ2) is 13.5. The van der Waals surface area contributed by atoms with Crippen molar-refractivity contribution in [1.29, 1.82) is 0 Å². The molecule has 0 bridgehead atoms. The van der Waals surface area contributed by atoms with E-state index < -0.39 is 76.4 Å². The number of nitrogens with zero attached hydrogens (tertiary/aromatic N) is 2. The highest BCUT2D eigenvalue weighted by molar-refractivity contribution is 6.31. The molecule has 2 aromatic heterocycles. The summed E-state index contributed by atoms with van der Waals surface area (Å²) in [5.41, 5.74) is -3.71. The SMILES string of the molecule is O=C(Nc1cccc2[nH]c(=O)[nH]c12)N(Cc1ccc(C(F)(F)F)cc1F)N(Cc1ccc(C(F)(F)F)cc1Cl)C(=O)Nc1cccc2[nH]c(=O)[nH]c12. The lowest BCUT2D eigenvalue weighted by atomic mass is 10.1. The molecule has 6 N–H and O–H groups in total. The second-order valence-corrected chi connectivity index (χ2v) is 11.6. The monoisotopic (exact) mass is 750 g/mol. The molecule has 52 heavy (non-hydrogen) atoms. The maximum atomic E-state index is 15.3. The molecule has 12 nitrogen and oxygen atoms in total. The molecule has 0 aliphatic carbocycles. The van der Waals surface area contributed by atoms with E-state index in [1.165, 1.54) is 36.4 Å². The molecule has 0 aliphatic rings. The minimum absolute atomic E-state index is 0.0138. The third-order valence-corrected chi connectivity index (χ3v) is 8.10. The molecule has 0 unspecified atom stereocenters. The van der Waals surface area contributed by atoms with Crippen molar-refractivity contribution in [1.82, 2.24) is 30.0 Å². The fraction of sp³-hybridized carbons (Fsp3) is 0.125. The van der Waals surface area contributed by atoms with E-state index in [1.54, 1.807) is 0 Å². The number of imidazole rings is 2. The number of para-hydroxylation sites is 2. The van der Waals surface area contributed by atoms with Crippen molar-refractivity contribution < 1.29 is 40.3 Å². The van der Waals surface area contributed by atoms with Crippen molar-refractivity contribution in [3.05, 3.63) is 127 Å². The number of benzene rings is 4. The summed E-state index contributed by atoms with van der Waals surface area (Å²) in [7, 11) is 0. The number of rotatable bonds is 6. The molecule has 2 heterocycles. The molecular weight excluding hydrogens is 729 g/mol. The van der Waals surface area contributed by atoms with E-state index >= 15 is 4.39 Å². The lowest BCUT2D eigenvalue weighted by molar-refractivity contribution is -0.138. The van der Waals surface area contributed by atoms with Gasteiger partial charge in [0.1, 0.15) is 5.82 Å². The molecule has 0 aliphatic heterocycles. The average molecular weight is 751 g/mol. The van der Waals surface area contributed by atoms with Gasteiger partial charge in [0.2, 0.25) is 0 Å². The number of aromatic nitrogens is 4. The van der Waals surface area contributed by atoms with Crippen molar-refractivity contribution >= 4 is 57.1 Å². The van der Waals surface area contributed by atoms with E-state index in [0.29, 0.717) is 28.2 Å². The molecule has 0 saturated carbocycles. The van der Waals surface area contributed by atoms with Crippen molar-refractivity contribution in [2.75, 3.05) is 10.6 Å². The smallest absolute Gasteiger partial charge is 0.306 e. The summed E-state index contributed by atoms with van der Waals surface area (Å²) in [5, 5.41) is 5.69. The fourth-order valence-electron chi connectivity index (χ4n) is 5.24. The Bertz CT molecular complexity index is 2280. The van der Waals surface area contributed by atoms with E-state index in [1.807, 2.05) is 0 Å². The summed E-state index contributed by atoms with van der Waals surface area (Å²) < 4.78 is 95.7. The molecule has 0 atom stereocenters. The summed E-state index contributed by atoms with van der Waals surface area (Å²) in [6, 6.07) is 9.94. The molecule has 4 aromatic carbocycles. The summed E-state index contributed by atoms with van der Waals surface area (Å²) in [6.45, 7) is -1.68. The number of urea groups is 2. The van der Waals surface area contributed by atoms with Crippen LogP contribution in [-0.2, 0) is 25.4 Å². The van der Waals surface area contributed by atoms with E-state index in [0.717, 1.165) is 12.1 Å². The average Bonchev–Trinajstić information content (AvgIpc) is 3.65. The lowest BCUT2D eigenvalue weighted by Crippen LogP contribution is -2.52. The quantitative estimate of drug-likeness (QED) is 0.0767. The van der Waals surface area contributed by atoms with Crippen LogP contribution in [0.2, 0.25) is 5.02 Å². The minimum Gasteiger partial charge on any atom is -0.306 e. The number of hydrogen-bond donors (Lipinski definition) is 6. The van der Waals surface area contributed by atoms with E-state index in [2.05, 4.69) is 30.6 Å². The number of alkyl halides is 6. The first-order valence-corrected chi connectivity index (χ1v) is 15.2. The number of fused-ring (bicyclic) bond motifs is 2. The van der Waals surface area contributed by atoms with Gasteiger partial charge in [-0.1, -0.05) is 35.9 Å². The Kier molecular flexibility index (Phi) is 9.22. The molecule has 6 rings (SSSR count). The van der Waals surface area contributed by atoms with Crippen LogP contribution in [0.4, 0.5) is 51.7 Å². The fourth-order valence-corrected chi connectivity index (χ4v) is 5.48. The predicted molar refractivity (Wildman–Crippen MR) is 175 cm³/mol. The van der Waals surface area contributed by atoms with Crippen molar-refractivity contribution in [2.45, 2.75) is 25.4 Å². The first-order chi connectivity index (χ1) is 24.5. The van der Waals surface area contributed by atoms with Crippen LogP contribution in [0.1, 0.15) is 22.3 Å². The van der Waals surface area contributed by atoms with Gasteiger partial charge in [0, 0.05) is 10.6 Å². The number of amides is 4. The van der Waals surface area contributed by atoms with Gasteiger partial charge in [-0.3, -0.25) is 0 Å². The molecule has 0 saturated heterocycles. The molecule has 0 radical (unpaired) electrons. The van der Waals surface area contributed by atoms with Crippen LogP contribution in [0, 0.1) is 5.82 Å². The molecule has 6 aromatic rings. The number of nitrogens with one attached hydrogen (secondary N) is 6. The van der Waals surface area contributed by atoms with E-state index in [9.17, 15) is 45.5 Å². The molecule has 4 amide bonds. The first kappa shape index (κ1) is 35.6. The van der Waals surface area contributed by atoms with Crippen LogP contribution in [0.15, 0.2) is 82.4 Å². The van der Waals surface area contributed by atoms with Gasteiger partial charge in [-0.05, 0) is 54.1 Å². The van der Waals surface area contributed by atoms with Crippen molar-refractivity contribution in [2.24, 2.45) is 0 Å². The van der Waals surface area contributed by atoms with Crippen LogP contribution in [0.25, 0.3) is 22.1 Å². The summed E-state index contributed by atoms with van der Waals surface area (Å²) in [6.07, 6.45) is -9.72. The maximum Gasteiger partial charge on any atom is 0.416 e. The van der Waals surface area contributed by atoms with Crippen LogP contribution in [0.5, 0.6) is 0 Å². The van der Waals surface area contributed by atoms with Gasteiger partial charge in [-0.15, -0.1) is 0 Å². The standard InChI is InChI=1S/C32H22ClF7N8O4/c33-19-11-17(31(35,36)37)9-7-15(19)13-47(29(51)43-23-5-1-3-21-25(23)45-27(49)41-21)48(14-16-8-10-18(12-20(16)34)32(38,39)40)30(52)44-24-6-2-4-22-26(24)46-28(50)42-22/h1-12H,13-14H2,(H,43,51)(H,44,52)(H2,41,45,49)(H2,42,46,50). The second-order valence-electron chi connectivity index (χ2n) is 11.2. The molecule has 0 fully saturated rings. The Morgan fingerprint density at radius 3 is 1.52 bits per heavy atom.